The zero-order chi connectivity index (χ0) is 24.7. The van der Waals surface area contributed by atoms with Crippen molar-refractivity contribution >= 4 is 35.1 Å². The number of aryl methyl sites for hydroxylation is 1. The predicted molar refractivity (Wildman–Crippen MR) is 136 cm³/mol. The first kappa shape index (κ1) is 25.6. The predicted octanol–water partition coefficient (Wildman–Crippen LogP) is 6.14. The fourth-order valence-electron chi connectivity index (χ4n) is 3.81. The van der Waals surface area contributed by atoms with Crippen molar-refractivity contribution in [2.45, 2.75) is 32.7 Å². The van der Waals surface area contributed by atoms with E-state index in [0.717, 1.165) is 34.4 Å². The van der Waals surface area contributed by atoms with Crippen molar-refractivity contribution in [1.29, 1.82) is 0 Å². The van der Waals surface area contributed by atoms with Gasteiger partial charge in [0.15, 0.2) is 0 Å². The quantitative estimate of drug-likeness (QED) is 0.359. The highest BCUT2D eigenvalue weighted by molar-refractivity contribution is 6.39. The van der Waals surface area contributed by atoms with Gasteiger partial charge in [-0.2, -0.15) is 0 Å². The summed E-state index contributed by atoms with van der Waals surface area (Å²) >= 11 is 12.4. The Hall–Kier alpha value is -3.02. The molecule has 0 bridgehead atoms. The van der Waals surface area contributed by atoms with Crippen molar-refractivity contribution in [3.05, 3.63) is 87.4 Å². The summed E-state index contributed by atoms with van der Waals surface area (Å²) in [6, 6.07) is 17.7. The van der Waals surface area contributed by atoms with Crippen molar-refractivity contribution in [3.8, 4) is 16.9 Å². The summed E-state index contributed by atoms with van der Waals surface area (Å²) in [5, 5.41) is 3.17. The fourth-order valence-corrected chi connectivity index (χ4v) is 4.38. The molecular weight excluding hydrogens is 473 g/mol. The van der Waals surface area contributed by atoms with Crippen molar-refractivity contribution in [1.82, 2.24) is 5.32 Å². The van der Waals surface area contributed by atoms with Crippen LogP contribution in [0.4, 0.5) is 0 Å². The third-order valence-electron chi connectivity index (χ3n) is 5.45. The number of carbonyl (C=O) groups excluding carboxylic acids is 2. The average molecular weight is 500 g/mol. The lowest BCUT2D eigenvalue weighted by molar-refractivity contribution is -0.145. The highest BCUT2D eigenvalue weighted by Gasteiger charge is 2.25. The smallest absolute Gasteiger partial charge is 0.328 e. The maximum atomic E-state index is 12.9. The van der Waals surface area contributed by atoms with E-state index in [1.807, 2.05) is 42.5 Å². The Labute approximate surface area is 210 Å². The van der Waals surface area contributed by atoms with E-state index in [0.29, 0.717) is 0 Å². The number of halogens is 2. The van der Waals surface area contributed by atoms with Crippen LogP contribution < -0.4 is 10.1 Å². The third-order valence-corrected chi connectivity index (χ3v) is 6.08. The molecule has 0 aliphatic heterocycles. The molecule has 0 saturated heterocycles. The van der Waals surface area contributed by atoms with E-state index in [1.54, 1.807) is 32.2 Å². The summed E-state index contributed by atoms with van der Waals surface area (Å²) in [5.74, 6) is -0.265. The largest absolute Gasteiger partial charge is 0.496 e. The van der Waals surface area contributed by atoms with Crippen molar-refractivity contribution in [3.63, 3.8) is 0 Å². The van der Waals surface area contributed by atoms with Gasteiger partial charge in [0.1, 0.15) is 11.8 Å². The number of amides is 1. The Morgan fingerprint density at radius 1 is 0.941 bits per heavy atom. The van der Waals surface area contributed by atoms with Gasteiger partial charge in [0, 0.05) is 12.0 Å². The Morgan fingerprint density at radius 2 is 1.65 bits per heavy atom. The first-order valence-corrected chi connectivity index (χ1v) is 11.8. The van der Waals surface area contributed by atoms with Crippen LogP contribution in [0, 0.1) is 0 Å². The number of benzene rings is 3. The lowest BCUT2D eigenvalue weighted by atomic mass is 9.93. The lowest BCUT2D eigenvalue weighted by Gasteiger charge is -2.19. The highest BCUT2D eigenvalue weighted by Crippen LogP contribution is 2.33. The summed E-state index contributed by atoms with van der Waals surface area (Å²) in [7, 11) is 1.65. The molecule has 1 atom stereocenters. The minimum absolute atomic E-state index is 0.126. The van der Waals surface area contributed by atoms with E-state index < -0.39 is 17.9 Å². The van der Waals surface area contributed by atoms with Gasteiger partial charge in [-0.25, -0.2) is 4.79 Å². The molecule has 34 heavy (non-hydrogen) atoms. The van der Waals surface area contributed by atoms with Crippen LogP contribution in [-0.2, 0) is 22.4 Å². The molecule has 0 spiro atoms. The molecule has 0 heterocycles. The molecule has 7 heteroatoms. The number of para-hydroxylation sites is 1. The molecule has 0 aliphatic carbocycles. The minimum Gasteiger partial charge on any atom is -0.496 e. The average Bonchev–Trinajstić information content (AvgIpc) is 2.83. The van der Waals surface area contributed by atoms with Gasteiger partial charge in [-0.1, -0.05) is 72.6 Å². The number of hydrogen-bond donors (Lipinski definition) is 1. The fraction of sp³-hybridized carbons (Fsp3) is 0.259. The van der Waals surface area contributed by atoms with Gasteiger partial charge in [0.2, 0.25) is 0 Å². The molecule has 0 aliphatic rings. The first-order valence-electron chi connectivity index (χ1n) is 11.1. The second-order valence-corrected chi connectivity index (χ2v) is 8.44. The molecular formula is C27H27Cl2NO4. The van der Waals surface area contributed by atoms with Gasteiger partial charge < -0.3 is 14.8 Å². The van der Waals surface area contributed by atoms with Gasteiger partial charge in [-0.05, 0) is 48.2 Å². The number of nitrogens with one attached hydrogen (secondary N) is 1. The molecule has 0 unspecified atom stereocenters. The SMILES string of the molecule is CCOC(=O)[C@H](Cc1ccc(-c2ccccc2OC)c(CC)c1)NC(=O)c1c(Cl)cccc1Cl. The first-order chi connectivity index (χ1) is 16.4. The van der Waals surface area contributed by atoms with Gasteiger partial charge in [0.05, 0.1) is 29.3 Å². The summed E-state index contributed by atoms with van der Waals surface area (Å²) in [4.78, 5) is 25.6. The normalized spacial score (nSPS) is 11.6. The Morgan fingerprint density at radius 3 is 2.29 bits per heavy atom. The van der Waals surface area contributed by atoms with Gasteiger partial charge >= 0.3 is 5.97 Å². The zero-order valence-corrected chi connectivity index (χ0v) is 20.9. The molecule has 178 valence electrons. The second kappa shape index (κ2) is 11.9. The highest BCUT2D eigenvalue weighted by atomic mass is 35.5. The van der Waals surface area contributed by atoms with E-state index >= 15 is 0 Å². The molecule has 1 amide bonds. The number of ether oxygens (including phenoxy) is 2. The van der Waals surface area contributed by atoms with Gasteiger partial charge in [0.25, 0.3) is 5.91 Å². The maximum Gasteiger partial charge on any atom is 0.328 e. The molecule has 0 saturated carbocycles. The van der Waals surface area contributed by atoms with Crippen LogP contribution in [0.3, 0.4) is 0 Å². The van der Waals surface area contributed by atoms with Gasteiger partial charge in [-0.3, -0.25) is 4.79 Å². The number of hydrogen-bond acceptors (Lipinski definition) is 4. The molecule has 5 nitrogen and oxygen atoms in total. The van der Waals surface area contributed by atoms with E-state index in [1.165, 1.54) is 0 Å². The van der Waals surface area contributed by atoms with E-state index in [-0.39, 0.29) is 28.6 Å². The van der Waals surface area contributed by atoms with Crippen LogP contribution in [-0.4, -0.2) is 31.6 Å². The minimum atomic E-state index is -0.901. The van der Waals surface area contributed by atoms with E-state index in [2.05, 4.69) is 12.2 Å². The topological polar surface area (TPSA) is 64.6 Å². The number of esters is 1. The second-order valence-electron chi connectivity index (χ2n) is 7.62. The number of carbonyl (C=O) groups is 2. The molecule has 0 aromatic heterocycles. The summed E-state index contributed by atoms with van der Waals surface area (Å²) in [6.45, 7) is 3.99. The summed E-state index contributed by atoms with van der Waals surface area (Å²) in [6.07, 6.45) is 1.04. The van der Waals surface area contributed by atoms with Crippen LogP contribution in [0.2, 0.25) is 10.0 Å². The van der Waals surface area contributed by atoms with Crippen molar-refractivity contribution < 1.29 is 19.1 Å². The van der Waals surface area contributed by atoms with E-state index in [4.69, 9.17) is 32.7 Å². The molecule has 1 N–H and O–H groups in total. The van der Waals surface area contributed by atoms with Crippen LogP contribution in [0.25, 0.3) is 11.1 Å². The molecule has 3 aromatic rings. The molecule has 0 fully saturated rings. The standard InChI is InChI=1S/C27H27Cl2NO4/c1-4-18-15-17(13-14-19(18)20-9-6-7-12-24(20)33-3)16-23(27(32)34-5-2)30-26(31)25-21(28)10-8-11-22(25)29/h6-15,23H,4-5,16H2,1-3H3,(H,30,31)/t23-/m0/s1. The monoisotopic (exact) mass is 499 g/mol. The Bertz CT molecular complexity index is 1160. The molecule has 3 rings (SSSR count). The van der Waals surface area contributed by atoms with Crippen molar-refractivity contribution in [2.75, 3.05) is 13.7 Å². The van der Waals surface area contributed by atoms with Crippen LogP contribution in [0.1, 0.15) is 35.3 Å². The summed E-state index contributed by atoms with van der Waals surface area (Å²) < 4.78 is 10.7. The van der Waals surface area contributed by atoms with Crippen molar-refractivity contribution in [2.24, 2.45) is 0 Å². The zero-order valence-electron chi connectivity index (χ0n) is 19.4. The van der Waals surface area contributed by atoms with Crippen LogP contribution in [0.15, 0.2) is 60.7 Å². The lowest BCUT2D eigenvalue weighted by Crippen LogP contribution is -2.43. The third kappa shape index (κ3) is 5.91. The molecule has 3 aromatic carbocycles. The van der Waals surface area contributed by atoms with Crippen LogP contribution in [0.5, 0.6) is 5.75 Å². The number of methoxy groups -OCH3 is 1. The van der Waals surface area contributed by atoms with E-state index in [9.17, 15) is 9.59 Å². The summed E-state index contributed by atoms with van der Waals surface area (Å²) in [5.41, 5.74) is 4.17. The Balaban J connectivity index is 1.91. The van der Waals surface area contributed by atoms with Crippen LogP contribution >= 0.6 is 23.2 Å². The Kier molecular flexibility index (Phi) is 8.97. The van der Waals surface area contributed by atoms with Gasteiger partial charge in [-0.15, -0.1) is 0 Å². The number of rotatable bonds is 9. The maximum absolute atomic E-state index is 12.9. The molecule has 0 radical (unpaired) electrons.